The summed E-state index contributed by atoms with van der Waals surface area (Å²) in [5.74, 6) is 2.69. The molecule has 4 aromatic rings. The second kappa shape index (κ2) is 12.2. The van der Waals surface area contributed by atoms with Crippen LogP contribution in [0.2, 0.25) is 0 Å². The van der Waals surface area contributed by atoms with Crippen LogP contribution < -0.4 is 9.47 Å². The van der Waals surface area contributed by atoms with Crippen molar-refractivity contribution in [3.05, 3.63) is 100 Å². The minimum Gasteiger partial charge on any atom is -0.496 e. The van der Waals surface area contributed by atoms with Crippen LogP contribution >= 0.6 is 0 Å². The Hall–Kier alpha value is -4.68. The maximum Gasteiger partial charge on any atom is 0.257 e. The molecule has 1 amide bonds. The standard InChI is InChI=1S/C32H34N6O3/c1-22-7-5-8-28(31(22)40-4)32(39)37-15-13-36(14-16-37)21-27-19-35-24(3)38(27)20-25-10-11-26(18-33)30(17-25)41-29-9-6-12-34-23(29)2/h5-12,17,19H,13-16,20-21H2,1-4H3. The first kappa shape index (κ1) is 27.9. The Bertz CT molecular complexity index is 1600. The Morgan fingerprint density at radius 3 is 2.51 bits per heavy atom. The van der Waals surface area contributed by atoms with E-state index in [9.17, 15) is 10.1 Å². The molecule has 0 atom stereocenters. The van der Waals surface area contributed by atoms with Crippen molar-refractivity contribution < 1.29 is 14.3 Å². The van der Waals surface area contributed by atoms with Crippen LogP contribution in [0.25, 0.3) is 0 Å². The number of aryl methyl sites for hydroxylation is 3. The van der Waals surface area contributed by atoms with Gasteiger partial charge in [0.25, 0.3) is 5.91 Å². The zero-order valence-electron chi connectivity index (χ0n) is 23.9. The van der Waals surface area contributed by atoms with Gasteiger partial charge in [-0.05, 0) is 62.2 Å². The average molecular weight is 551 g/mol. The van der Waals surface area contributed by atoms with Gasteiger partial charge >= 0.3 is 0 Å². The number of carbonyl (C=O) groups is 1. The Morgan fingerprint density at radius 1 is 0.976 bits per heavy atom. The molecule has 0 radical (unpaired) electrons. The molecule has 210 valence electrons. The number of aromatic nitrogens is 3. The summed E-state index contributed by atoms with van der Waals surface area (Å²) < 4.78 is 13.8. The smallest absolute Gasteiger partial charge is 0.257 e. The molecule has 41 heavy (non-hydrogen) atoms. The van der Waals surface area contributed by atoms with Crippen LogP contribution in [0.3, 0.4) is 0 Å². The van der Waals surface area contributed by atoms with Gasteiger partial charge in [0.2, 0.25) is 0 Å². The van der Waals surface area contributed by atoms with Crippen molar-refractivity contribution in [1.82, 2.24) is 24.3 Å². The third kappa shape index (κ3) is 6.08. The van der Waals surface area contributed by atoms with Crippen LogP contribution in [0.4, 0.5) is 0 Å². The number of nitriles is 1. The van der Waals surface area contributed by atoms with E-state index in [1.165, 1.54) is 0 Å². The summed E-state index contributed by atoms with van der Waals surface area (Å²) in [4.78, 5) is 26.4. The van der Waals surface area contributed by atoms with Crippen molar-refractivity contribution in [3.63, 3.8) is 0 Å². The summed E-state index contributed by atoms with van der Waals surface area (Å²) in [6.07, 6.45) is 3.64. The quantitative estimate of drug-likeness (QED) is 0.308. The van der Waals surface area contributed by atoms with Gasteiger partial charge in [-0.2, -0.15) is 5.26 Å². The number of benzene rings is 2. The normalized spacial score (nSPS) is 13.6. The number of amides is 1. The van der Waals surface area contributed by atoms with E-state index in [2.05, 4.69) is 25.5 Å². The maximum atomic E-state index is 13.2. The molecular weight excluding hydrogens is 516 g/mol. The lowest BCUT2D eigenvalue weighted by molar-refractivity contribution is 0.0622. The van der Waals surface area contributed by atoms with Gasteiger partial charge in [-0.1, -0.05) is 18.2 Å². The lowest BCUT2D eigenvalue weighted by Gasteiger charge is -2.35. The van der Waals surface area contributed by atoms with Gasteiger partial charge in [-0.15, -0.1) is 0 Å². The first-order valence-electron chi connectivity index (χ1n) is 13.7. The number of para-hydroxylation sites is 1. The molecule has 0 N–H and O–H groups in total. The largest absolute Gasteiger partial charge is 0.496 e. The van der Waals surface area contributed by atoms with Gasteiger partial charge in [0.1, 0.15) is 29.1 Å². The third-order valence-corrected chi connectivity index (χ3v) is 7.51. The molecule has 0 unspecified atom stereocenters. The predicted octanol–water partition coefficient (Wildman–Crippen LogP) is 4.88. The average Bonchev–Trinajstić information content (AvgIpc) is 3.32. The second-order valence-corrected chi connectivity index (χ2v) is 10.2. The van der Waals surface area contributed by atoms with Crippen LogP contribution in [0.15, 0.2) is 60.9 Å². The van der Waals surface area contributed by atoms with Gasteiger partial charge in [0.15, 0.2) is 0 Å². The summed E-state index contributed by atoms with van der Waals surface area (Å²) in [6, 6.07) is 17.2. The fourth-order valence-corrected chi connectivity index (χ4v) is 5.18. The minimum absolute atomic E-state index is 0.00593. The van der Waals surface area contributed by atoms with Gasteiger partial charge in [0.05, 0.1) is 29.6 Å². The number of carbonyl (C=O) groups excluding carboxylic acids is 1. The summed E-state index contributed by atoms with van der Waals surface area (Å²) in [5.41, 5.74) is 4.89. The van der Waals surface area contributed by atoms with Gasteiger partial charge in [-0.25, -0.2) is 4.98 Å². The molecule has 2 aromatic carbocycles. The highest BCUT2D eigenvalue weighted by Crippen LogP contribution is 2.29. The summed E-state index contributed by atoms with van der Waals surface area (Å²) in [5, 5.41) is 9.64. The second-order valence-electron chi connectivity index (χ2n) is 10.2. The molecule has 0 bridgehead atoms. The highest BCUT2D eigenvalue weighted by Gasteiger charge is 2.25. The molecule has 2 aromatic heterocycles. The van der Waals surface area contributed by atoms with E-state index >= 15 is 0 Å². The van der Waals surface area contributed by atoms with Crippen LogP contribution in [-0.4, -0.2) is 63.5 Å². The van der Waals surface area contributed by atoms with Gasteiger partial charge in [0, 0.05) is 51.7 Å². The van der Waals surface area contributed by atoms with E-state index in [-0.39, 0.29) is 5.91 Å². The Morgan fingerprint density at radius 2 is 1.78 bits per heavy atom. The summed E-state index contributed by atoms with van der Waals surface area (Å²) in [7, 11) is 1.61. The number of ether oxygens (including phenoxy) is 2. The lowest BCUT2D eigenvalue weighted by Crippen LogP contribution is -2.48. The monoisotopic (exact) mass is 550 g/mol. The van der Waals surface area contributed by atoms with E-state index < -0.39 is 0 Å². The number of methoxy groups -OCH3 is 1. The van der Waals surface area contributed by atoms with Crippen molar-refractivity contribution in [2.75, 3.05) is 33.3 Å². The molecular formula is C32H34N6O3. The number of pyridine rings is 1. The molecule has 0 saturated carbocycles. The Kier molecular flexibility index (Phi) is 8.31. The van der Waals surface area contributed by atoms with Crippen LogP contribution in [0.1, 0.15) is 44.3 Å². The van der Waals surface area contributed by atoms with Crippen LogP contribution in [0.5, 0.6) is 17.2 Å². The molecule has 3 heterocycles. The van der Waals surface area contributed by atoms with E-state index in [1.54, 1.807) is 19.4 Å². The molecule has 1 aliphatic heterocycles. The fraction of sp³-hybridized carbons (Fsp3) is 0.312. The SMILES string of the molecule is COc1c(C)cccc1C(=O)N1CCN(Cc2cnc(C)n2Cc2ccc(C#N)c(Oc3cccnc3C)c2)CC1. The molecule has 1 fully saturated rings. The number of hydrogen-bond donors (Lipinski definition) is 0. The van der Waals surface area contributed by atoms with Crippen molar-refractivity contribution >= 4 is 5.91 Å². The van der Waals surface area contributed by atoms with Gasteiger partial charge in [-0.3, -0.25) is 14.7 Å². The third-order valence-electron chi connectivity index (χ3n) is 7.51. The highest BCUT2D eigenvalue weighted by molar-refractivity contribution is 5.97. The van der Waals surface area contributed by atoms with E-state index in [0.29, 0.717) is 48.0 Å². The van der Waals surface area contributed by atoms with Crippen LogP contribution in [-0.2, 0) is 13.1 Å². The zero-order valence-corrected chi connectivity index (χ0v) is 23.9. The number of hydrogen-bond acceptors (Lipinski definition) is 7. The minimum atomic E-state index is 0.00593. The predicted molar refractivity (Wildman–Crippen MR) is 155 cm³/mol. The number of nitrogens with zero attached hydrogens (tertiary/aromatic N) is 6. The van der Waals surface area contributed by atoms with Crippen LogP contribution in [0, 0.1) is 32.1 Å². The first-order chi connectivity index (χ1) is 19.9. The number of piperazine rings is 1. The van der Waals surface area contributed by atoms with E-state index in [0.717, 1.165) is 48.0 Å². The molecule has 1 aliphatic rings. The molecule has 1 saturated heterocycles. The first-order valence-corrected chi connectivity index (χ1v) is 13.7. The molecule has 0 spiro atoms. The highest BCUT2D eigenvalue weighted by atomic mass is 16.5. The molecule has 9 nitrogen and oxygen atoms in total. The summed E-state index contributed by atoms with van der Waals surface area (Å²) >= 11 is 0. The maximum absolute atomic E-state index is 13.2. The molecule has 5 rings (SSSR count). The molecule has 9 heteroatoms. The van der Waals surface area contributed by atoms with Crippen molar-refractivity contribution in [2.45, 2.75) is 33.9 Å². The van der Waals surface area contributed by atoms with E-state index in [4.69, 9.17) is 9.47 Å². The fourth-order valence-electron chi connectivity index (χ4n) is 5.18. The van der Waals surface area contributed by atoms with Crippen molar-refractivity contribution in [2.24, 2.45) is 0 Å². The topological polar surface area (TPSA) is 96.5 Å². The van der Waals surface area contributed by atoms with Gasteiger partial charge < -0.3 is 18.9 Å². The lowest BCUT2D eigenvalue weighted by atomic mass is 10.1. The van der Waals surface area contributed by atoms with E-state index in [1.807, 2.05) is 74.3 Å². The number of rotatable bonds is 8. The summed E-state index contributed by atoms with van der Waals surface area (Å²) in [6.45, 7) is 9.97. The zero-order chi connectivity index (χ0) is 28.9. The number of imidazole rings is 1. The Balaban J connectivity index is 1.26. The molecule has 0 aliphatic carbocycles. The van der Waals surface area contributed by atoms with Crippen molar-refractivity contribution in [3.8, 4) is 23.3 Å². The Labute approximate surface area is 240 Å². The van der Waals surface area contributed by atoms with Crippen molar-refractivity contribution in [1.29, 1.82) is 5.26 Å².